The molecule has 0 spiro atoms. The molecule has 3 aromatic heterocycles. The monoisotopic (exact) mass is 464 g/mol. The third kappa shape index (κ3) is 3.68. The standard InChI is InChI=1S/C28H28N6O/c1-32(2)15-18-12-22(13-18)34-16-24(25-26(29)30-17-31-27(25)34)20-9-8-19-10-11-33(28(35)23(19)14-20)21-6-4-3-5-7-21/h3-11,14,16-18,22H,12-13,15H2,1-2H3,(H2,29,30,31). The topological polar surface area (TPSA) is 82.0 Å². The minimum absolute atomic E-state index is 0.0472. The highest BCUT2D eigenvalue weighted by Gasteiger charge is 2.32. The van der Waals surface area contributed by atoms with Gasteiger partial charge in [-0.1, -0.05) is 30.3 Å². The van der Waals surface area contributed by atoms with Crippen molar-refractivity contribution in [2.75, 3.05) is 26.4 Å². The number of hydrogen-bond donors (Lipinski definition) is 1. The lowest BCUT2D eigenvalue weighted by molar-refractivity contribution is 0.159. The third-order valence-electron chi connectivity index (χ3n) is 7.12. The number of nitrogens with zero attached hydrogens (tertiary/aromatic N) is 5. The lowest BCUT2D eigenvalue weighted by Crippen LogP contribution is -2.33. The summed E-state index contributed by atoms with van der Waals surface area (Å²) in [5, 5.41) is 2.42. The molecule has 0 atom stereocenters. The summed E-state index contributed by atoms with van der Waals surface area (Å²) >= 11 is 0. The number of nitrogens with two attached hydrogens (primary N) is 1. The average molecular weight is 465 g/mol. The van der Waals surface area contributed by atoms with Gasteiger partial charge in [0, 0.05) is 41.6 Å². The molecule has 1 saturated carbocycles. The van der Waals surface area contributed by atoms with E-state index in [1.165, 1.54) is 6.33 Å². The molecule has 176 valence electrons. The fourth-order valence-corrected chi connectivity index (χ4v) is 5.40. The zero-order valence-corrected chi connectivity index (χ0v) is 19.9. The lowest BCUT2D eigenvalue weighted by Gasteiger charge is -2.38. The van der Waals surface area contributed by atoms with Crippen molar-refractivity contribution in [2.45, 2.75) is 18.9 Å². The van der Waals surface area contributed by atoms with Crippen molar-refractivity contribution >= 4 is 27.6 Å². The van der Waals surface area contributed by atoms with Gasteiger partial charge in [-0.2, -0.15) is 0 Å². The number of nitrogen functional groups attached to an aromatic ring is 1. The number of rotatable bonds is 5. The third-order valence-corrected chi connectivity index (χ3v) is 7.12. The van der Waals surface area contributed by atoms with Gasteiger partial charge in [0.1, 0.15) is 17.8 Å². The molecule has 0 aliphatic heterocycles. The first-order chi connectivity index (χ1) is 17.0. The lowest BCUT2D eigenvalue weighted by atomic mass is 9.80. The van der Waals surface area contributed by atoms with E-state index < -0.39 is 0 Å². The quantitative estimate of drug-likeness (QED) is 0.414. The van der Waals surface area contributed by atoms with Crippen molar-refractivity contribution in [3.05, 3.63) is 83.7 Å². The largest absolute Gasteiger partial charge is 0.383 e. The molecule has 0 radical (unpaired) electrons. The molecule has 2 N–H and O–H groups in total. The molecule has 1 aliphatic carbocycles. The Labute approximate surface area is 203 Å². The molecular weight excluding hydrogens is 436 g/mol. The van der Waals surface area contributed by atoms with Gasteiger partial charge < -0.3 is 15.2 Å². The van der Waals surface area contributed by atoms with Gasteiger partial charge in [0.05, 0.1) is 5.39 Å². The number of anilines is 1. The van der Waals surface area contributed by atoms with E-state index in [0.29, 0.717) is 23.2 Å². The van der Waals surface area contributed by atoms with Crippen molar-refractivity contribution in [1.29, 1.82) is 0 Å². The van der Waals surface area contributed by atoms with Crippen LogP contribution in [0.5, 0.6) is 0 Å². The van der Waals surface area contributed by atoms with Gasteiger partial charge in [-0.15, -0.1) is 0 Å². The van der Waals surface area contributed by atoms with Crippen molar-refractivity contribution in [2.24, 2.45) is 5.92 Å². The van der Waals surface area contributed by atoms with Gasteiger partial charge in [0.2, 0.25) is 0 Å². The van der Waals surface area contributed by atoms with Crippen LogP contribution in [0.25, 0.3) is 38.6 Å². The highest BCUT2D eigenvalue weighted by atomic mass is 16.1. The number of aromatic nitrogens is 4. The maximum absolute atomic E-state index is 13.4. The molecule has 7 nitrogen and oxygen atoms in total. The molecule has 1 fully saturated rings. The van der Waals surface area contributed by atoms with Gasteiger partial charge in [0.15, 0.2) is 0 Å². The molecular formula is C28H28N6O. The summed E-state index contributed by atoms with van der Waals surface area (Å²) in [5.41, 5.74) is 9.92. The summed E-state index contributed by atoms with van der Waals surface area (Å²) in [4.78, 5) is 24.6. The Morgan fingerprint density at radius 1 is 1.06 bits per heavy atom. The first kappa shape index (κ1) is 21.6. The predicted molar refractivity (Wildman–Crippen MR) is 141 cm³/mol. The van der Waals surface area contributed by atoms with E-state index in [0.717, 1.165) is 52.6 Å². The summed E-state index contributed by atoms with van der Waals surface area (Å²) in [6.07, 6.45) is 7.74. The van der Waals surface area contributed by atoms with Crippen LogP contribution >= 0.6 is 0 Å². The van der Waals surface area contributed by atoms with E-state index in [2.05, 4.69) is 45.8 Å². The molecule has 1 aliphatic rings. The minimum Gasteiger partial charge on any atom is -0.383 e. The highest BCUT2D eigenvalue weighted by molar-refractivity contribution is 6.02. The van der Waals surface area contributed by atoms with E-state index in [1.54, 1.807) is 4.57 Å². The van der Waals surface area contributed by atoms with Gasteiger partial charge in [-0.05, 0) is 68.1 Å². The van der Waals surface area contributed by atoms with Crippen molar-refractivity contribution in [1.82, 2.24) is 24.0 Å². The average Bonchev–Trinajstić information content (AvgIpc) is 3.22. The predicted octanol–water partition coefficient (Wildman–Crippen LogP) is 4.50. The van der Waals surface area contributed by atoms with Gasteiger partial charge >= 0.3 is 0 Å². The fourth-order valence-electron chi connectivity index (χ4n) is 5.40. The molecule has 0 unspecified atom stereocenters. The Balaban J connectivity index is 1.47. The zero-order valence-electron chi connectivity index (χ0n) is 19.9. The van der Waals surface area contributed by atoms with Gasteiger partial charge in [-0.25, -0.2) is 9.97 Å². The van der Waals surface area contributed by atoms with E-state index in [4.69, 9.17) is 5.73 Å². The minimum atomic E-state index is -0.0472. The number of para-hydroxylation sites is 1. The first-order valence-corrected chi connectivity index (χ1v) is 12.0. The molecule has 5 aromatic rings. The number of fused-ring (bicyclic) bond motifs is 2. The first-order valence-electron chi connectivity index (χ1n) is 12.0. The Kier molecular flexibility index (Phi) is 5.15. The van der Waals surface area contributed by atoms with Crippen LogP contribution in [0.4, 0.5) is 5.82 Å². The van der Waals surface area contributed by atoms with E-state index >= 15 is 0 Å². The van der Waals surface area contributed by atoms with E-state index in [9.17, 15) is 4.79 Å². The maximum atomic E-state index is 13.4. The molecule has 0 amide bonds. The van der Waals surface area contributed by atoms with Crippen LogP contribution in [0.1, 0.15) is 18.9 Å². The van der Waals surface area contributed by atoms with Crippen molar-refractivity contribution < 1.29 is 0 Å². The summed E-state index contributed by atoms with van der Waals surface area (Å²) in [6, 6.07) is 18.1. The van der Waals surface area contributed by atoms with Gasteiger partial charge in [0.25, 0.3) is 5.56 Å². The number of hydrogen-bond acceptors (Lipinski definition) is 5. The Hall–Kier alpha value is -3.97. The maximum Gasteiger partial charge on any atom is 0.262 e. The highest BCUT2D eigenvalue weighted by Crippen LogP contribution is 2.43. The molecule has 0 bridgehead atoms. The van der Waals surface area contributed by atoms with Gasteiger partial charge in [-0.3, -0.25) is 9.36 Å². The van der Waals surface area contributed by atoms with E-state index in [1.807, 2.05) is 54.7 Å². The Morgan fingerprint density at radius 2 is 1.86 bits per heavy atom. The smallest absolute Gasteiger partial charge is 0.262 e. The molecule has 2 aromatic carbocycles. The SMILES string of the molecule is CN(C)CC1CC(n2cc(-c3ccc4ccn(-c5ccccc5)c(=O)c4c3)c3c(N)ncnc32)C1. The fraction of sp³-hybridized carbons (Fsp3) is 0.250. The second-order valence-electron chi connectivity index (χ2n) is 9.79. The van der Waals surface area contributed by atoms with Crippen LogP contribution in [-0.4, -0.2) is 44.6 Å². The molecule has 0 saturated heterocycles. The zero-order chi connectivity index (χ0) is 24.1. The molecule has 6 rings (SSSR count). The Morgan fingerprint density at radius 3 is 2.63 bits per heavy atom. The van der Waals surface area contributed by atoms with Crippen LogP contribution in [-0.2, 0) is 0 Å². The molecule has 7 heteroatoms. The van der Waals surface area contributed by atoms with Crippen LogP contribution in [0.3, 0.4) is 0 Å². The van der Waals surface area contributed by atoms with Crippen LogP contribution < -0.4 is 11.3 Å². The Bertz CT molecular complexity index is 1600. The van der Waals surface area contributed by atoms with Crippen LogP contribution in [0.2, 0.25) is 0 Å². The molecule has 35 heavy (non-hydrogen) atoms. The van der Waals surface area contributed by atoms with E-state index in [-0.39, 0.29) is 5.56 Å². The second kappa shape index (κ2) is 8.36. The summed E-state index contributed by atoms with van der Waals surface area (Å²) in [6.45, 7) is 1.10. The summed E-state index contributed by atoms with van der Waals surface area (Å²) in [5.74, 6) is 1.15. The molecule has 3 heterocycles. The normalized spacial score (nSPS) is 17.8. The van der Waals surface area contributed by atoms with Crippen molar-refractivity contribution in [3.8, 4) is 16.8 Å². The second-order valence-corrected chi connectivity index (χ2v) is 9.79. The summed E-state index contributed by atoms with van der Waals surface area (Å²) in [7, 11) is 4.24. The number of benzene rings is 2. The summed E-state index contributed by atoms with van der Waals surface area (Å²) < 4.78 is 3.94. The number of pyridine rings is 1. The van der Waals surface area contributed by atoms with Crippen LogP contribution in [0.15, 0.2) is 78.1 Å². The van der Waals surface area contributed by atoms with Crippen molar-refractivity contribution in [3.63, 3.8) is 0 Å². The van der Waals surface area contributed by atoms with Crippen LogP contribution in [0, 0.1) is 5.92 Å².